The number of piperidine rings is 2. The molecule has 0 radical (unpaired) electrons. The van der Waals surface area contributed by atoms with Gasteiger partial charge in [0.05, 0.1) is 16.6 Å². The summed E-state index contributed by atoms with van der Waals surface area (Å²) in [7, 11) is 2.15. The number of aromatic nitrogens is 2. The van der Waals surface area contributed by atoms with E-state index in [-0.39, 0.29) is 30.8 Å². The molecule has 14 nitrogen and oxygen atoms in total. The standard InChI is InChI=1S/C42H46N8O6/c1-47-15-2-3-35(47)34-19-27-22-43-37(21-33(27)44-34)45-39(52)26-4-7-29(8-5-26)56-30-23-48(24-30)16-12-25-13-17-49(18-14-25)28-6-9-31-32(20-28)42(55)50(41(31)54)36-10-11-38(51)46-40(36)53/h4-9,19-22,25,30,35-36,44H,2-3,10-18,23-24H2,1H3,(H,43,45,52)(H,46,51,53)/t35-,36?/m1/s1. The summed E-state index contributed by atoms with van der Waals surface area (Å²) in [6.45, 7) is 5.56. The van der Waals surface area contributed by atoms with Gasteiger partial charge in [0, 0.05) is 73.2 Å². The summed E-state index contributed by atoms with van der Waals surface area (Å²) < 4.78 is 6.20. The predicted octanol–water partition coefficient (Wildman–Crippen LogP) is 4.35. The Morgan fingerprint density at radius 3 is 2.43 bits per heavy atom. The first kappa shape index (κ1) is 36.1. The number of benzene rings is 2. The highest BCUT2D eigenvalue weighted by molar-refractivity contribution is 6.23. The van der Waals surface area contributed by atoms with Gasteiger partial charge in [-0.25, -0.2) is 4.98 Å². The van der Waals surface area contributed by atoms with Gasteiger partial charge in [-0.1, -0.05) is 0 Å². The van der Waals surface area contributed by atoms with Gasteiger partial charge < -0.3 is 19.9 Å². The summed E-state index contributed by atoms with van der Waals surface area (Å²) in [6.07, 6.45) is 7.66. The van der Waals surface area contributed by atoms with Gasteiger partial charge in [-0.2, -0.15) is 0 Å². The third kappa shape index (κ3) is 7.03. The number of amides is 5. The van der Waals surface area contributed by atoms with Crippen molar-refractivity contribution in [2.75, 3.05) is 56.5 Å². The minimum atomic E-state index is -0.965. The van der Waals surface area contributed by atoms with E-state index in [1.54, 1.807) is 30.5 Å². The van der Waals surface area contributed by atoms with Crippen LogP contribution < -0.4 is 20.3 Å². The molecule has 4 aromatic rings. The van der Waals surface area contributed by atoms with Crippen molar-refractivity contribution in [2.24, 2.45) is 5.92 Å². The molecule has 290 valence electrons. The zero-order valence-corrected chi connectivity index (χ0v) is 31.5. The molecule has 2 atom stereocenters. The minimum absolute atomic E-state index is 0.0967. The van der Waals surface area contributed by atoms with Gasteiger partial charge in [0.2, 0.25) is 11.8 Å². The van der Waals surface area contributed by atoms with Crippen LogP contribution in [0.15, 0.2) is 60.8 Å². The van der Waals surface area contributed by atoms with Crippen molar-refractivity contribution < 1.29 is 28.7 Å². The summed E-state index contributed by atoms with van der Waals surface area (Å²) in [6, 6.07) is 16.1. The molecule has 7 heterocycles. The van der Waals surface area contributed by atoms with Gasteiger partial charge in [-0.05, 0) is 113 Å². The molecule has 4 saturated heterocycles. The average Bonchev–Trinajstić information content (AvgIpc) is 3.88. The average molecular weight is 759 g/mol. The molecule has 0 bridgehead atoms. The van der Waals surface area contributed by atoms with Crippen molar-refractivity contribution in [1.29, 1.82) is 0 Å². The topological polar surface area (TPSA) is 160 Å². The Balaban J connectivity index is 0.700. The maximum atomic E-state index is 13.3. The molecule has 0 aliphatic carbocycles. The van der Waals surface area contributed by atoms with Crippen molar-refractivity contribution in [3.05, 3.63) is 83.2 Å². The second-order valence-corrected chi connectivity index (χ2v) is 15.9. The van der Waals surface area contributed by atoms with E-state index >= 15 is 0 Å². The molecule has 1 unspecified atom stereocenters. The molecular weight excluding hydrogens is 713 g/mol. The van der Waals surface area contributed by atoms with Crippen molar-refractivity contribution >= 4 is 51.9 Å². The Morgan fingerprint density at radius 2 is 1.68 bits per heavy atom. The summed E-state index contributed by atoms with van der Waals surface area (Å²) in [4.78, 5) is 79.4. The number of aromatic amines is 1. The Kier molecular flexibility index (Phi) is 9.54. The van der Waals surface area contributed by atoms with E-state index in [9.17, 15) is 24.0 Å². The number of nitrogens with zero attached hydrogens (tertiary/aromatic N) is 5. The lowest BCUT2D eigenvalue weighted by molar-refractivity contribution is -0.136. The van der Waals surface area contributed by atoms with E-state index in [0.29, 0.717) is 34.5 Å². The van der Waals surface area contributed by atoms with Crippen LogP contribution in [0.2, 0.25) is 0 Å². The van der Waals surface area contributed by atoms with Gasteiger partial charge in [-0.15, -0.1) is 0 Å². The van der Waals surface area contributed by atoms with Crippen LogP contribution in [0.1, 0.15) is 87.8 Å². The van der Waals surface area contributed by atoms with Gasteiger partial charge in [0.15, 0.2) is 0 Å². The molecule has 0 spiro atoms. The number of likely N-dealkylation sites (tertiary alicyclic amines) is 2. The molecule has 2 aromatic carbocycles. The molecule has 0 saturated carbocycles. The normalized spacial score (nSPS) is 22.4. The van der Waals surface area contributed by atoms with Gasteiger partial charge in [0.1, 0.15) is 23.7 Å². The number of pyridine rings is 1. The zero-order valence-electron chi connectivity index (χ0n) is 31.5. The molecule has 9 rings (SSSR count). The molecule has 56 heavy (non-hydrogen) atoms. The van der Waals surface area contributed by atoms with E-state index < -0.39 is 23.8 Å². The number of carbonyl (C=O) groups is 5. The fourth-order valence-electron chi connectivity index (χ4n) is 8.95. The zero-order chi connectivity index (χ0) is 38.5. The monoisotopic (exact) mass is 758 g/mol. The number of H-pyrrole nitrogens is 1. The number of anilines is 2. The third-order valence-corrected chi connectivity index (χ3v) is 12.2. The maximum absolute atomic E-state index is 13.3. The number of carbonyl (C=O) groups excluding carboxylic acids is 5. The molecule has 5 amide bonds. The number of ether oxygens (including phenoxy) is 1. The van der Waals surface area contributed by atoms with Crippen molar-refractivity contribution in [1.82, 2.24) is 30.0 Å². The largest absolute Gasteiger partial charge is 0.488 e. The lowest BCUT2D eigenvalue weighted by Gasteiger charge is -2.40. The van der Waals surface area contributed by atoms with Crippen LogP contribution >= 0.6 is 0 Å². The minimum Gasteiger partial charge on any atom is -0.488 e. The molecule has 5 aliphatic rings. The first-order valence-electron chi connectivity index (χ1n) is 19.8. The fourth-order valence-corrected chi connectivity index (χ4v) is 8.95. The molecule has 2 aromatic heterocycles. The highest BCUT2D eigenvalue weighted by Crippen LogP contribution is 2.34. The lowest BCUT2D eigenvalue weighted by Crippen LogP contribution is -2.54. The van der Waals surface area contributed by atoms with E-state index in [2.05, 4.69) is 48.4 Å². The van der Waals surface area contributed by atoms with Crippen LogP contribution in [0, 0.1) is 5.92 Å². The van der Waals surface area contributed by atoms with Crippen LogP contribution in [0.4, 0.5) is 11.5 Å². The van der Waals surface area contributed by atoms with Crippen molar-refractivity contribution in [3.8, 4) is 5.75 Å². The quantitative estimate of drug-likeness (QED) is 0.199. The SMILES string of the molecule is CN1CCC[C@@H]1c1cc2cnc(NC(=O)c3ccc(OC4CN(CCC5CCN(c6ccc7c(c6)C(=O)N(C6CCC(=O)NC6=O)C7=O)CC5)C4)cc3)cc2[nH]1. The molecule has 5 aliphatic heterocycles. The van der Waals surface area contributed by atoms with E-state index in [1.165, 1.54) is 12.1 Å². The second kappa shape index (κ2) is 14.8. The molecular formula is C42H46N8O6. The summed E-state index contributed by atoms with van der Waals surface area (Å²) >= 11 is 0. The Morgan fingerprint density at radius 1 is 0.893 bits per heavy atom. The Labute approximate surface area is 324 Å². The highest BCUT2D eigenvalue weighted by Gasteiger charge is 2.45. The first-order valence-corrected chi connectivity index (χ1v) is 19.8. The summed E-state index contributed by atoms with van der Waals surface area (Å²) in [5.74, 6) is -0.320. The van der Waals surface area contributed by atoms with Crippen LogP contribution in [0.25, 0.3) is 10.9 Å². The van der Waals surface area contributed by atoms with Gasteiger partial charge in [-0.3, -0.25) is 44.0 Å². The number of hydrogen-bond donors (Lipinski definition) is 3. The number of rotatable bonds is 10. The van der Waals surface area contributed by atoms with Crippen molar-refractivity contribution in [2.45, 2.75) is 63.1 Å². The third-order valence-electron chi connectivity index (χ3n) is 12.2. The summed E-state index contributed by atoms with van der Waals surface area (Å²) in [5, 5.41) is 6.21. The van der Waals surface area contributed by atoms with Crippen molar-refractivity contribution in [3.63, 3.8) is 0 Å². The Bertz CT molecular complexity index is 2210. The smallest absolute Gasteiger partial charge is 0.262 e. The number of nitrogens with one attached hydrogen (secondary N) is 3. The van der Waals surface area contributed by atoms with Crippen LogP contribution in [0.3, 0.4) is 0 Å². The Hall–Kier alpha value is -5.60. The van der Waals surface area contributed by atoms with E-state index in [1.807, 2.05) is 24.3 Å². The summed E-state index contributed by atoms with van der Waals surface area (Å²) in [5.41, 5.74) is 4.20. The van der Waals surface area contributed by atoms with E-state index in [0.717, 1.165) is 92.2 Å². The van der Waals surface area contributed by atoms with Crippen LogP contribution in [0.5, 0.6) is 5.75 Å². The van der Waals surface area contributed by atoms with Gasteiger partial charge in [0.25, 0.3) is 17.7 Å². The van der Waals surface area contributed by atoms with Crippen LogP contribution in [-0.4, -0.2) is 113 Å². The maximum Gasteiger partial charge on any atom is 0.262 e. The second-order valence-electron chi connectivity index (χ2n) is 15.9. The molecule has 3 N–H and O–H groups in total. The number of hydrogen-bond acceptors (Lipinski definition) is 10. The number of imide groups is 2. The first-order chi connectivity index (χ1) is 27.2. The lowest BCUT2D eigenvalue weighted by atomic mass is 9.92. The predicted molar refractivity (Wildman–Crippen MR) is 209 cm³/mol. The molecule has 4 fully saturated rings. The fraction of sp³-hybridized carbons (Fsp3) is 0.429. The number of fused-ring (bicyclic) bond motifs is 2. The molecule has 14 heteroatoms. The van der Waals surface area contributed by atoms with Crippen LogP contribution in [-0.2, 0) is 9.59 Å². The van der Waals surface area contributed by atoms with Gasteiger partial charge >= 0.3 is 0 Å². The highest BCUT2D eigenvalue weighted by atomic mass is 16.5. The van der Waals surface area contributed by atoms with E-state index in [4.69, 9.17) is 4.74 Å².